The Morgan fingerprint density at radius 1 is 1.16 bits per heavy atom. The van der Waals surface area contributed by atoms with Crippen LogP contribution in [-0.4, -0.2) is 10.9 Å². The molecule has 2 aromatic rings. The molecule has 0 fully saturated rings. The summed E-state index contributed by atoms with van der Waals surface area (Å²) < 4.78 is 0. The number of nitriles is 1. The van der Waals surface area contributed by atoms with Gasteiger partial charge in [0.2, 0.25) is 5.91 Å². The number of nitrogens with zero attached hydrogens (tertiary/aromatic N) is 2. The standard InChI is InChI=1S/C14H12N4O/c1-10(19)17-14-7-6-13(9-16-14)18-12-4-2-11(8-15)3-5-12/h2-7,9,18H,1H3,(H,16,17,19). The van der Waals surface area contributed by atoms with Crippen LogP contribution in [0.1, 0.15) is 12.5 Å². The van der Waals surface area contributed by atoms with E-state index in [1.165, 1.54) is 6.92 Å². The Morgan fingerprint density at radius 3 is 2.37 bits per heavy atom. The lowest BCUT2D eigenvalue weighted by molar-refractivity contribution is -0.114. The first-order valence-electron chi connectivity index (χ1n) is 5.68. The number of carbonyl (C=O) groups is 1. The van der Waals surface area contributed by atoms with Crippen molar-refractivity contribution in [1.82, 2.24) is 4.98 Å². The summed E-state index contributed by atoms with van der Waals surface area (Å²) in [6, 6.07) is 12.7. The smallest absolute Gasteiger partial charge is 0.222 e. The third-order valence-electron chi connectivity index (χ3n) is 2.37. The van der Waals surface area contributed by atoms with E-state index < -0.39 is 0 Å². The fraction of sp³-hybridized carbons (Fsp3) is 0.0714. The zero-order valence-corrected chi connectivity index (χ0v) is 10.3. The highest BCUT2D eigenvalue weighted by molar-refractivity contribution is 5.87. The van der Waals surface area contributed by atoms with Crippen molar-refractivity contribution in [3.05, 3.63) is 48.2 Å². The van der Waals surface area contributed by atoms with E-state index in [4.69, 9.17) is 5.26 Å². The topological polar surface area (TPSA) is 77.8 Å². The molecule has 2 rings (SSSR count). The maximum atomic E-state index is 10.9. The van der Waals surface area contributed by atoms with Crippen molar-refractivity contribution in [3.8, 4) is 6.07 Å². The third-order valence-corrected chi connectivity index (χ3v) is 2.37. The van der Waals surface area contributed by atoms with Crippen LogP contribution in [0.4, 0.5) is 17.2 Å². The summed E-state index contributed by atoms with van der Waals surface area (Å²) in [5, 5.41) is 14.5. The Morgan fingerprint density at radius 2 is 1.84 bits per heavy atom. The van der Waals surface area contributed by atoms with E-state index >= 15 is 0 Å². The molecular formula is C14H12N4O. The second-order valence-electron chi connectivity index (χ2n) is 3.93. The Bertz CT molecular complexity index is 611. The zero-order valence-electron chi connectivity index (χ0n) is 10.3. The van der Waals surface area contributed by atoms with Gasteiger partial charge in [-0.15, -0.1) is 0 Å². The number of hydrogen-bond acceptors (Lipinski definition) is 4. The quantitative estimate of drug-likeness (QED) is 0.880. The van der Waals surface area contributed by atoms with E-state index in [9.17, 15) is 4.79 Å². The number of benzene rings is 1. The molecule has 0 saturated carbocycles. The molecule has 0 aliphatic heterocycles. The molecule has 19 heavy (non-hydrogen) atoms. The molecular weight excluding hydrogens is 240 g/mol. The van der Waals surface area contributed by atoms with Gasteiger partial charge in [0, 0.05) is 12.6 Å². The summed E-state index contributed by atoms with van der Waals surface area (Å²) >= 11 is 0. The number of amides is 1. The lowest BCUT2D eigenvalue weighted by Gasteiger charge is -2.07. The average molecular weight is 252 g/mol. The number of rotatable bonds is 3. The van der Waals surface area contributed by atoms with E-state index in [2.05, 4.69) is 21.7 Å². The molecule has 0 saturated heterocycles. The van der Waals surface area contributed by atoms with E-state index in [-0.39, 0.29) is 5.91 Å². The first-order chi connectivity index (χ1) is 9.17. The van der Waals surface area contributed by atoms with Gasteiger partial charge < -0.3 is 10.6 Å². The fourth-order valence-corrected chi connectivity index (χ4v) is 1.52. The molecule has 0 radical (unpaired) electrons. The van der Waals surface area contributed by atoms with Gasteiger partial charge in [-0.2, -0.15) is 5.26 Å². The van der Waals surface area contributed by atoms with Crippen molar-refractivity contribution >= 4 is 23.1 Å². The molecule has 0 aliphatic rings. The Balaban J connectivity index is 2.06. The molecule has 0 spiro atoms. The first-order valence-corrected chi connectivity index (χ1v) is 5.68. The monoisotopic (exact) mass is 252 g/mol. The molecule has 0 bridgehead atoms. The van der Waals surface area contributed by atoms with Crippen molar-refractivity contribution in [1.29, 1.82) is 5.26 Å². The number of nitrogens with one attached hydrogen (secondary N) is 2. The van der Waals surface area contributed by atoms with E-state index in [0.717, 1.165) is 11.4 Å². The lowest BCUT2D eigenvalue weighted by atomic mass is 10.2. The fourth-order valence-electron chi connectivity index (χ4n) is 1.52. The van der Waals surface area contributed by atoms with Crippen LogP contribution in [0.5, 0.6) is 0 Å². The van der Waals surface area contributed by atoms with Crippen molar-refractivity contribution in [2.75, 3.05) is 10.6 Å². The molecule has 5 nitrogen and oxygen atoms in total. The van der Waals surface area contributed by atoms with Gasteiger partial charge in [-0.1, -0.05) is 0 Å². The van der Waals surface area contributed by atoms with Crippen LogP contribution in [-0.2, 0) is 4.79 Å². The minimum Gasteiger partial charge on any atom is -0.354 e. The van der Waals surface area contributed by atoms with E-state index in [0.29, 0.717) is 11.4 Å². The van der Waals surface area contributed by atoms with E-state index in [1.807, 2.05) is 18.2 Å². The number of pyridine rings is 1. The lowest BCUT2D eigenvalue weighted by Crippen LogP contribution is -2.07. The normalized spacial score (nSPS) is 9.47. The van der Waals surface area contributed by atoms with Crippen LogP contribution >= 0.6 is 0 Å². The van der Waals surface area contributed by atoms with Crippen LogP contribution in [0.3, 0.4) is 0 Å². The van der Waals surface area contributed by atoms with Gasteiger partial charge in [0.1, 0.15) is 5.82 Å². The molecule has 0 atom stereocenters. The number of carbonyl (C=O) groups excluding carboxylic acids is 1. The zero-order chi connectivity index (χ0) is 13.7. The van der Waals surface area contributed by atoms with Gasteiger partial charge in [0.15, 0.2) is 0 Å². The average Bonchev–Trinajstić information content (AvgIpc) is 2.41. The van der Waals surface area contributed by atoms with Gasteiger partial charge in [-0.05, 0) is 36.4 Å². The molecule has 1 aromatic heterocycles. The second-order valence-corrected chi connectivity index (χ2v) is 3.93. The largest absolute Gasteiger partial charge is 0.354 e. The van der Waals surface area contributed by atoms with Gasteiger partial charge in [0.25, 0.3) is 0 Å². The van der Waals surface area contributed by atoms with Gasteiger partial charge in [-0.3, -0.25) is 4.79 Å². The third kappa shape index (κ3) is 3.54. The number of hydrogen-bond donors (Lipinski definition) is 2. The SMILES string of the molecule is CC(=O)Nc1ccc(Nc2ccc(C#N)cc2)cn1. The molecule has 0 aliphatic carbocycles. The van der Waals surface area contributed by atoms with Crippen LogP contribution in [0.25, 0.3) is 0 Å². The summed E-state index contributed by atoms with van der Waals surface area (Å²) in [6.45, 7) is 1.44. The Hall–Kier alpha value is -2.87. The summed E-state index contributed by atoms with van der Waals surface area (Å²) in [6.07, 6.45) is 1.63. The maximum Gasteiger partial charge on any atom is 0.222 e. The highest BCUT2D eigenvalue weighted by Gasteiger charge is 1.99. The predicted octanol–water partition coefficient (Wildman–Crippen LogP) is 2.66. The summed E-state index contributed by atoms with van der Waals surface area (Å²) in [5.74, 6) is 0.359. The molecule has 2 N–H and O–H groups in total. The highest BCUT2D eigenvalue weighted by atomic mass is 16.1. The van der Waals surface area contributed by atoms with Gasteiger partial charge in [0.05, 0.1) is 23.5 Å². The predicted molar refractivity (Wildman–Crippen MR) is 73.0 cm³/mol. The second kappa shape index (κ2) is 5.65. The molecule has 5 heteroatoms. The summed E-state index contributed by atoms with van der Waals surface area (Å²) in [7, 11) is 0. The number of aromatic nitrogens is 1. The molecule has 1 aromatic carbocycles. The highest BCUT2D eigenvalue weighted by Crippen LogP contribution is 2.17. The van der Waals surface area contributed by atoms with Crippen LogP contribution in [0.2, 0.25) is 0 Å². The summed E-state index contributed by atoms with van der Waals surface area (Å²) in [4.78, 5) is 15.0. The van der Waals surface area contributed by atoms with Gasteiger partial charge >= 0.3 is 0 Å². The number of anilines is 3. The Labute approximate surface area is 110 Å². The van der Waals surface area contributed by atoms with E-state index in [1.54, 1.807) is 24.4 Å². The van der Waals surface area contributed by atoms with Gasteiger partial charge in [-0.25, -0.2) is 4.98 Å². The minimum atomic E-state index is -0.152. The maximum absolute atomic E-state index is 10.9. The van der Waals surface area contributed by atoms with Crippen LogP contribution in [0, 0.1) is 11.3 Å². The summed E-state index contributed by atoms with van der Waals surface area (Å²) in [5.41, 5.74) is 2.29. The van der Waals surface area contributed by atoms with Crippen molar-refractivity contribution in [3.63, 3.8) is 0 Å². The van der Waals surface area contributed by atoms with Crippen molar-refractivity contribution in [2.45, 2.75) is 6.92 Å². The Kier molecular flexibility index (Phi) is 3.74. The van der Waals surface area contributed by atoms with Crippen molar-refractivity contribution in [2.24, 2.45) is 0 Å². The molecule has 0 unspecified atom stereocenters. The molecule has 94 valence electrons. The van der Waals surface area contributed by atoms with Crippen LogP contribution in [0.15, 0.2) is 42.6 Å². The van der Waals surface area contributed by atoms with Crippen molar-refractivity contribution < 1.29 is 4.79 Å². The van der Waals surface area contributed by atoms with Crippen LogP contribution < -0.4 is 10.6 Å². The molecule has 1 amide bonds. The first kappa shape index (κ1) is 12.6. The minimum absolute atomic E-state index is 0.152. The molecule has 1 heterocycles.